The smallest absolute Gasteiger partial charge is 0.186 e. The molecule has 0 spiro atoms. The lowest BCUT2D eigenvalue weighted by Gasteiger charge is -2.00. The van der Waals surface area contributed by atoms with Crippen molar-refractivity contribution in [3.8, 4) is 17.0 Å². The lowest BCUT2D eigenvalue weighted by atomic mass is 10.1. The van der Waals surface area contributed by atoms with Gasteiger partial charge in [-0.2, -0.15) is 0 Å². The highest BCUT2D eigenvalue weighted by Crippen LogP contribution is 2.36. The molecule has 1 N–H and O–H groups in total. The molecule has 15 heavy (non-hydrogen) atoms. The summed E-state index contributed by atoms with van der Waals surface area (Å²) in [5, 5.41) is 14.3. The number of aromatic nitrogens is 1. The summed E-state index contributed by atoms with van der Waals surface area (Å²) >= 11 is 11.7. The lowest BCUT2D eigenvalue weighted by Crippen LogP contribution is -1.80. The molecule has 2 aromatic rings. The van der Waals surface area contributed by atoms with Crippen molar-refractivity contribution in [3.05, 3.63) is 34.0 Å². The molecule has 0 amide bonds. The Labute approximate surface area is 96.2 Å². The van der Waals surface area contributed by atoms with Crippen LogP contribution in [0.1, 0.15) is 5.76 Å². The summed E-state index contributed by atoms with van der Waals surface area (Å²) in [7, 11) is 0. The number of rotatable bonds is 1. The summed E-state index contributed by atoms with van der Waals surface area (Å²) in [4.78, 5) is 0. The molecule has 78 valence electrons. The van der Waals surface area contributed by atoms with Crippen LogP contribution in [-0.2, 0) is 0 Å². The molecule has 2 rings (SSSR count). The minimum absolute atomic E-state index is 0.000720. The zero-order valence-electron chi connectivity index (χ0n) is 7.79. The van der Waals surface area contributed by atoms with Gasteiger partial charge < -0.3 is 9.63 Å². The topological polar surface area (TPSA) is 46.3 Å². The number of nitrogens with zero attached hydrogens (tertiary/aromatic N) is 1. The molecule has 0 fully saturated rings. The second-order valence-electron chi connectivity index (χ2n) is 3.06. The Kier molecular flexibility index (Phi) is 2.59. The van der Waals surface area contributed by atoms with Gasteiger partial charge in [0.1, 0.15) is 0 Å². The summed E-state index contributed by atoms with van der Waals surface area (Å²) in [6.07, 6.45) is 0. The molecule has 0 bridgehead atoms. The van der Waals surface area contributed by atoms with E-state index in [0.29, 0.717) is 27.1 Å². The average molecular weight is 244 g/mol. The van der Waals surface area contributed by atoms with E-state index in [9.17, 15) is 5.11 Å². The van der Waals surface area contributed by atoms with Crippen LogP contribution in [0.3, 0.4) is 0 Å². The highest BCUT2D eigenvalue weighted by atomic mass is 35.5. The highest BCUT2D eigenvalue weighted by molar-refractivity contribution is 6.36. The summed E-state index contributed by atoms with van der Waals surface area (Å²) in [6, 6.07) is 4.94. The van der Waals surface area contributed by atoms with Crippen molar-refractivity contribution >= 4 is 23.2 Å². The van der Waals surface area contributed by atoms with Crippen LogP contribution in [-0.4, -0.2) is 10.3 Å². The molecule has 0 aliphatic heterocycles. The fourth-order valence-electron chi connectivity index (χ4n) is 1.23. The van der Waals surface area contributed by atoms with Crippen molar-refractivity contribution in [2.75, 3.05) is 0 Å². The molecule has 0 saturated carbocycles. The SMILES string of the molecule is Cc1onc(-c2ccc(Cl)cc2Cl)c1O. The maximum Gasteiger partial charge on any atom is 0.186 e. The third kappa shape index (κ3) is 1.80. The molecule has 1 heterocycles. The van der Waals surface area contributed by atoms with E-state index < -0.39 is 0 Å². The quantitative estimate of drug-likeness (QED) is 0.832. The minimum Gasteiger partial charge on any atom is -0.503 e. The van der Waals surface area contributed by atoms with Gasteiger partial charge in [-0.25, -0.2) is 0 Å². The van der Waals surface area contributed by atoms with Crippen molar-refractivity contribution in [1.29, 1.82) is 0 Å². The fourth-order valence-corrected chi connectivity index (χ4v) is 1.72. The van der Waals surface area contributed by atoms with Crippen LogP contribution in [0.15, 0.2) is 22.7 Å². The molecular formula is C10H7Cl2NO2. The second kappa shape index (κ2) is 3.76. The van der Waals surface area contributed by atoms with Gasteiger partial charge in [-0.3, -0.25) is 0 Å². The van der Waals surface area contributed by atoms with Crippen molar-refractivity contribution in [2.24, 2.45) is 0 Å². The van der Waals surface area contributed by atoms with E-state index >= 15 is 0 Å². The molecule has 0 aliphatic rings. The maximum atomic E-state index is 9.64. The number of halogens is 2. The van der Waals surface area contributed by atoms with Crippen LogP contribution in [0.25, 0.3) is 11.3 Å². The summed E-state index contributed by atoms with van der Waals surface area (Å²) in [5.74, 6) is 0.357. The predicted molar refractivity (Wildman–Crippen MR) is 58.4 cm³/mol. The van der Waals surface area contributed by atoms with Gasteiger partial charge >= 0.3 is 0 Å². The number of hydrogen-bond donors (Lipinski definition) is 1. The monoisotopic (exact) mass is 243 g/mol. The number of hydrogen-bond acceptors (Lipinski definition) is 3. The van der Waals surface area contributed by atoms with Crippen LogP contribution in [0.4, 0.5) is 0 Å². The van der Waals surface area contributed by atoms with Gasteiger partial charge in [0.25, 0.3) is 0 Å². The van der Waals surface area contributed by atoms with Gasteiger partial charge in [-0.1, -0.05) is 28.4 Å². The minimum atomic E-state index is -0.000720. The first-order valence-corrected chi connectivity index (χ1v) is 4.96. The Morgan fingerprint density at radius 3 is 2.60 bits per heavy atom. The van der Waals surface area contributed by atoms with Crippen molar-refractivity contribution < 1.29 is 9.63 Å². The third-order valence-electron chi connectivity index (χ3n) is 2.02. The summed E-state index contributed by atoms with van der Waals surface area (Å²) < 4.78 is 4.84. The Balaban J connectivity index is 2.59. The number of benzene rings is 1. The van der Waals surface area contributed by atoms with Gasteiger partial charge in [0.15, 0.2) is 17.2 Å². The standard InChI is InChI=1S/C10H7Cl2NO2/c1-5-10(14)9(13-15-5)7-3-2-6(11)4-8(7)12/h2-4,14H,1H3. The van der Waals surface area contributed by atoms with E-state index in [0.717, 1.165) is 0 Å². The van der Waals surface area contributed by atoms with Crippen LogP contribution >= 0.6 is 23.2 Å². The predicted octanol–water partition coefficient (Wildman–Crippen LogP) is 3.66. The van der Waals surface area contributed by atoms with Gasteiger partial charge in [0.2, 0.25) is 0 Å². The molecule has 0 radical (unpaired) electrons. The fraction of sp³-hybridized carbons (Fsp3) is 0.100. The average Bonchev–Trinajstić information content (AvgIpc) is 2.49. The molecular weight excluding hydrogens is 237 g/mol. The van der Waals surface area contributed by atoms with Crippen molar-refractivity contribution in [3.63, 3.8) is 0 Å². The number of aryl methyl sites for hydroxylation is 1. The summed E-state index contributed by atoms with van der Waals surface area (Å²) in [5.41, 5.74) is 0.921. The zero-order chi connectivity index (χ0) is 11.0. The van der Waals surface area contributed by atoms with E-state index in [4.69, 9.17) is 27.7 Å². The van der Waals surface area contributed by atoms with E-state index in [1.807, 2.05) is 0 Å². The van der Waals surface area contributed by atoms with Gasteiger partial charge in [-0.15, -0.1) is 0 Å². The molecule has 5 heteroatoms. The van der Waals surface area contributed by atoms with Gasteiger partial charge in [0.05, 0.1) is 5.02 Å². The molecule has 1 aromatic heterocycles. The van der Waals surface area contributed by atoms with Crippen LogP contribution in [0, 0.1) is 6.92 Å². The molecule has 0 saturated heterocycles. The Hall–Kier alpha value is -1.19. The Bertz CT molecular complexity index is 508. The molecule has 1 aromatic carbocycles. The van der Waals surface area contributed by atoms with Crippen LogP contribution < -0.4 is 0 Å². The maximum absolute atomic E-state index is 9.64. The largest absolute Gasteiger partial charge is 0.503 e. The lowest BCUT2D eigenvalue weighted by molar-refractivity contribution is 0.384. The van der Waals surface area contributed by atoms with E-state index in [1.165, 1.54) is 0 Å². The van der Waals surface area contributed by atoms with Crippen LogP contribution in [0.2, 0.25) is 10.0 Å². The van der Waals surface area contributed by atoms with Crippen molar-refractivity contribution in [2.45, 2.75) is 6.92 Å². The van der Waals surface area contributed by atoms with E-state index in [1.54, 1.807) is 25.1 Å². The third-order valence-corrected chi connectivity index (χ3v) is 2.57. The molecule has 0 atom stereocenters. The first-order valence-electron chi connectivity index (χ1n) is 4.20. The number of aromatic hydroxyl groups is 1. The Morgan fingerprint density at radius 2 is 2.07 bits per heavy atom. The molecule has 0 unspecified atom stereocenters. The Morgan fingerprint density at radius 1 is 1.33 bits per heavy atom. The zero-order valence-corrected chi connectivity index (χ0v) is 9.30. The second-order valence-corrected chi connectivity index (χ2v) is 3.90. The van der Waals surface area contributed by atoms with Gasteiger partial charge in [0, 0.05) is 17.5 Å². The first-order chi connectivity index (χ1) is 7.09. The molecule has 0 aliphatic carbocycles. The normalized spacial score (nSPS) is 10.6. The van der Waals surface area contributed by atoms with E-state index in [-0.39, 0.29) is 5.75 Å². The molecule has 3 nitrogen and oxygen atoms in total. The van der Waals surface area contributed by atoms with Gasteiger partial charge in [-0.05, 0) is 18.2 Å². The summed E-state index contributed by atoms with van der Waals surface area (Å²) in [6.45, 7) is 1.62. The van der Waals surface area contributed by atoms with Crippen LogP contribution in [0.5, 0.6) is 5.75 Å². The van der Waals surface area contributed by atoms with E-state index in [2.05, 4.69) is 5.16 Å². The highest BCUT2D eigenvalue weighted by Gasteiger charge is 2.15. The first kappa shape index (κ1) is 10.3. The van der Waals surface area contributed by atoms with Crippen molar-refractivity contribution in [1.82, 2.24) is 5.16 Å².